The largest absolute Gasteiger partial charge is 0.316 e. The first-order chi connectivity index (χ1) is 13.3. The molecule has 2 aromatic carbocycles. The van der Waals surface area contributed by atoms with Gasteiger partial charge in [-0.05, 0) is 52.4 Å². The Hall–Kier alpha value is -1.10. The molecule has 2 aliphatic rings. The molecule has 146 valence electrons. The van der Waals surface area contributed by atoms with Crippen molar-refractivity contribution in [2.24, 2.45) is 4.99 Å². The van der Waals surface area contributed by atoms with Gasteiger partial charge >= 0.3 is 0 Å². The molecule has 9 heteroatoms. The number of nitrogens with zero attached hydrogens (tertiary/aromatic N) is 2. The molecule has 2 aliphatic heterocycles. The van der Waals surface area contributed by atoms with E-state index < -0.39 is 9.84 Å². The number of anilines is 1. The van der Waals surface area contributed by atoms with E-state index in [2.05, 4.69) is 27.6 Å². The topological polar surface area (TPSA) is 66.8 Å². The second-order valence-corrected chi connectivity index (χ2v) is 11.7. The highest BCUT2D eigenvalue weighted by atomic mass is 127. The molecule has 2 saturated heterocycles. The lowest BCUT2D eigenvalue weighted by Crippen LogP contribution is -2.37. The zero-order chi connectivity index (χ0) is 19.9. The average Bonchev–Trinajstić information content (AvgIpc) is 3.07. The monoisotopic (exact) mass is 546 g/mol. The maximum Gasteiger partial charge on any atom is 0.252 e. The van der Waals surface area contributed by atoms with Crippen molar-refractivity contribution in [1.82, 2.24) is 0 Å². The molecule has 28 heavy (non-hydrogen) atoms. The standard InChI is InChI=1S/C19H16ClIN2O3S2/c20-15-7-2-1-4-12(15)8-18(24)22-19-23(14-6-3-5-13(21)9-14)16-10-28(25,26)11-17(16)27-19/h1-7,9,16-17H,8,10-11H2. The zero-order valence-electron chi connectivity index (χ0n) is 14.6. The number of rotatable bonds is 3. The molecule has 2 aromatic rings. The van der Waals surface area contributed by atoms with Crippen LogP contribution in [0.3, 0.4) is 0 Å². The molecule has 0 bridgehead atoms. The molecule has 1 amide bonds. The molecule has 2 fully saturated rings. The van der Waals surface area contributed by atoms with Crippen LogP contribution in [0.4, 0.5) is 5.69 Å². The van der Waals surface area contributed by atoms with Crippen LogP contribution in [0.15, 0.2) is 53.5 Å². The number of sulfone groups is 1. The van der Waals surface area contributed by atoms with E-state index in [0.717, 1.165) is 14.8 Å². The predicted molar refractivity (Wildman–Crippen MR) is 123 cm³/mol. The number of amides is 1. The van der Waals surface area contributed by atoms with Crippen LogP contribution < -0.4 is 4.90 Å². The summed E-state index contributed by atoms with van der Waals surface area (Å²) in [5, 5.41) is 0.978. The van der Waals surface area contributed by atoms with Crippen molar-refractivity contribution in [1.29, 1.82) is 0 Å². The molecule has 0 radical (unpaired) electrons. The van der Waals surface area contributed by atoms with Crippen molar-refractivity contribution in [2.75, 3.05) is 16.4 Å². The molecule has 2 heterocycles. The molecular formula is C19H16ClIN2O3S2. The summed E-state index contributed by atoms with van der Waals surface area (Å²) in [6.45, 7) is 0. The second kappa shape index (κ2) is 7.97. The van der Waals surface area contributed by atoms with Crippen LogP contribution in [-0.2, 0) is 21.1 Å². The summed E-state index contributed by atoms with van der Waals surface area (Å²) in [4.78, 5) is 18.9. The number of hydrogen-bond donors (Lipinski definition) is 0. The van der Waals surface area contributed by atoms with Crippen LogP contribution in [0.2, 0.25) is 5.02 Å². The van der Waals surface area contributed by atoms with Crippen LogP contribution in [0, 0.1) is 3.57 Å². The Balaban J connectivity index is 1.66. The van der Waals surface area contributed by atoms with Crippen molar-refractivity contribution in [3.63, 3.8) is 0 Å². The first kappa shape index (κ1) is 20.2. The summed E-state index contributed by atoms with van der Waals surface area (Å²) in [7, 11) is -3.08. The van der Waals surface area contributed by atoms with Crippen LogP contribution in [0.5, 0.6) is 0 Å². The minimum absolute atomic E-state index is 0.0772. The van der Waals surface area contributed by atoms with Crippen molar-refractivity contribution in [3.05, 3.63) is 62.7 Å². The number of thioether (sulfide) groups is 1. The number of aliphatic imine (C=N–C) groups is 1. The van der Waals surface area contributed by atoms with Crippen LogP contribution in [0.1, 0.15) is 5.56 Å². The number of halogens is 2. The lowest BCUT2D eigenvalue weighted by atomic mass is 10.1. The van der Waals surface area contributed by atoms with E-state index in [1.54, 1.807) is 12.1 Å². The molecule has 2 unspecified atom stereocenters. The normalized spacial score (nSPS) is 24.5. The summed E-state index contributed by atoms with van der Waals surface area (Å²) < 4.78 is 25.3. The smallest absolute Gasteiger partial charge is 0.252 e. The third-order valence-electron chi connectivity index (χ3n) is 4.67. The maximum atomic E-state index is 12.6. The summed E-state index contributed by atoms with van der Waals surface area (Å²) in [5.41, 5.74) is 1.58. The van der Waals surface area contributed by atoms with E-state index in [4.69, 9.17) is 11.6 Å². The van der Waals surface area contributed by atoms with Gasteiger partial charge in [0.05, 0.1) is 24.0 Å². The Kier molecular flexibility index (Phi) is 5.74. The van der Waals surface area contributed by atoms with Crippen molar-refractivity contribution < 1.29 is 13.2 Å². The average molecular weight is 547 g/mol. The van der Waals surface area contributed by atoms with Crippen LogP contribution in [0.25, 0.3) is 0 Å². The van der Waals surface area contributed by atoms with E-state index in [0.29, 0.717) is 10.2 Å². The van der Waals surface area contributed by atoms with E-state index in [1.807, 2.05) is 41.3 Å². The minimum atomic E-state index is -3.08. The Morgan fingerprint density at radius 1 is 1.21 bits per heavy atom. The third-order valence-corrected chi connectivity index (χ3v) is 8.92. The zero-order valence-corrected chi connectivity index (χ0v) is 19.1. The Labute approximate surface area is 186 Å². The number of carbonyl (C=O) groups is 1. The first-order valence-corrected chi connectivity index (χ1v) is 12.7. The highest BCUT2D eigenvalue weighted by Gasteiger charge is 2.49. The highest BCUT2D eigenvalue weighted by Crippen LogP contribution is 2.41. The quantitative estimate of drug-likeness (QED) is 0.548. The SMILES string of the molecule is O=C(Cc1ccccc1Cl)N=C1SC2CS(=O)(=O)CC2N1c1cccc(I)c1. The van der Waals surface area contributed by atoms with Crippen molar-refractivity contribution in [2.45, 2.75) is 17.7 Å². The van der Waals surface area contributed by atoms with Gasteiger partial charge in [0, 0.05) is 19.5 Å². The first-order valence-electron chi connectivity index (χ1n) is 8.59. The van der Waals surface area contributed by atoms with Gasteiger partial charge in [-0.25, -0.2) is 8.42 Å². The molecular weight excluding hydrogens is 531 g/mol. The number of fused-ring (bicyclic) bond motifs is 1. The van der Waals surface area contributed by atoms with Gasteiger partial charge in [-0.2, -0.15) is 4.99 Å². The molecule has 0 spiro atoms. The molecule has 0 aromatic heterocycles. The molecule has 4 rings (SSSR count). The summed E-state index contributed by atoms with van der Waals surface area (Å²) in [5.74, 6) is -0.108. The van der Waals surface area contributed by atoms with Crippen LogP contribution >= 0.6 is 46.0 Å². The van der Waals surface area contributed by atoms with Crippen molar-refractivity contribution in [3.8, 4) is 0 Å². The van der Waals surface area contributed by atoms with Gasteiger partial charge in [0.15, 0.2) is 15.0 Å². The lowest BCUT2D eigenvalue weighted by Gasteiger charge is -2.24. The third kappa shape index (κ3) is 4.24. The second-order valence-electron chi connectivity index (χ2n) is 6.71. The highest BCUT2D eigenvalue weighted by molar-refractivity contribution is 14.1. The predicted octanol–water partition coefficient (Wildman–Crippen LogP) is 3.79. The fourth-order valence-corrected chi connectivity index (χ4v) is 8.10. The van der Waals surface area contributed by atoms with E-state index in [-0.39, 0.29) is 35.1 Å². The fraction of sp³-hybridized carbons (Fsp3) is 0.263. The minimum Gasteiger partial charge on any atom is -0.316 e. The number of benzene rings is 2. The molecule has 2 atom stereocenters. The van der Waals surface area contributed by atoms with Gasteiger partial charge in [0.2, 0.25) is 0 Å². The maximum absolute atomic E-state index is 12.6. The molecule has 0 aliphatic carbocycles. The summed E-state index contributed by atoms with van der Waals surface area (Å²) >= 11 is 9.75. The van der Waals surface area contributed by atoms with Gasteiger partial charge in [0.1, 0.15) is 0 Å². The number of hydrogen-bond acceptors (Lipinski definition) is 4. The van der Waals surface area contributed by atoms with Gasteiger partial charge < -0.3 is 4.90 Å². The van der Waals surface area contributed by atoms with E-state index in [1.165, 1.54) is 11.8 Å². The van der Waals surface area contributed by atoms with E-state index in [9.17, 15) is 13.2 Å². The molecule has 0 N–H and O–H groups in total. The van der Waals surface area contributed by atoms with Gasteiger partial charge in [-0.3, -0.25) is 4.79 Å². The molecule has 0 saturated carbocycles. The Morgan fingerprint density at radius 2 is 2.00 bits per heavy atom. The number of carbonyl (C=O) groups excluding carboxylic acids is 1. The summed E-state index contributed by atoms with van der Waals surface area (Å²) in [6.07, 6.45) is 0.109. The van der Waals surface area contributed by atoms with Gasteiger partial charge in [-0.1, -0.05) is 47.6 Å². The van der Waals surface area contributed by atoms with Gasteiger partial charge in [0.25, 0.3) is 5.91 Å². The molecule has 5 nitrogen and oxygen atoms in total. The summed E-state index contributed by atoms with van der Waals surface area (Å²) in [6, 6.07) is 14.8. The lowest BCUT2D eigenvalue weighted by molar-refractivity contribution is -0.117. The van der Waals surface area contributed by atoms with Crippen LogP contribution in [-0.4, -0.2) is 42.3 Å². The van der Waals surface area contributed by atoms with Crippen molar-refractivity contribution >= 4 is 72.6 Å². The van der Waals surface area contributed by atoms with Gasteiger partial charge in [-0.15, -0.1) is 0 Å². The fourth-order valence-electron chi connectivity index (χ4n) is 3.44. The Morgan fingerprint density at radius 3 is 2.75 bits per heavy atom. The number of amidine groups is 1. The van der Waals surface area contributed by atoms with E-state index >= 15 is 0 Å². The Bertz CT molecular complexity index is 1070.